The molecule has 5 aliphatic rings. The van der Waals surface area contributed by atoms with Crippen LogP contribution in [0.1, 0.15) is 164 Å². The van der Waals surface area contributed by atoms with Crippen molar-refractivity contribution in [2.45, 2.75) is 194 Å². The fourth-order valence-corrected chi connectivity index (χ4v) is 10.6. The number of hydrogen-bond acceptors (Lipinski definition) is 31. The third kappa shape index (κ3) is 58.8. The van der Waals surface area contributed by atoms with E-state index in [9.17, 15) is 84.1 Å². The van der Waals surface area contributed by atoms with Crippen molar-refractivity contribution < 1.29 is 136 Å². The van der Waals surface area contributed by atoms with Crippen LogP contribution in [0.4, 0.5) is 46.3 Å². The Bertz CT molecular complexity index is 3770. The summed E-state index contributed by atoms with van der Waals surface area (Å²) in [6.07, 6.45) is 34.7. The smallest absolute Gasteiger partial charge is 0.426 e. The summed E-state index contributed by atoms with van der Waals surface area (Å²) in [7, 11) is -1.00. The highest BCUT2D eigenvalue weighted by molar-refractivity contribution is 6.61. The summed E-state index contributed by atoms with van der Waals surface area (Å²) in [5, 5.41) is 70.3. The van der Waals surface area contributed by atoms with E-state index in [1.807, 2.05) is 36.5 Å². The molecule has 0 saturated carbocycles. The number of esters is 1. The fourth-order valence-electron chi connectivity index (χ4n) is 10.5. The van der Waals surface area contributed by atoms with Crippen LogP contribution < -0.4 is 18.9 Å². The molecule has 39 heteroatoms. The molecule has 119 heavy (non-hydrogen) atoms. The van der Waals surface area contributed by atoms with Crippen LogP contribution in [0.2, 0.25) is 0 Å². The number of aliphatic hydroxyl groups is 3. The summed E-state index contributed by atoms with van der Waals surface area (Å²) in [4.78, 5) is 163. The lowest BCUT2D eigenvalue weighted by atomic mass is 9.79. The van der Waals surface area contributed by atoms with E-state index in [0.29, 0.717) is 37.5 Å². The van der Waals surface area contributed by atoms with Crippen molar-refractivity contribution in [1.82, 2.24) is 0 Å². The first-order chi connectivity index (χ1) is 57.0. The van der Waals surface area contributed by atoms with Crippen LogP contribution in [0.25, 0.3) is 0 Å². The van der Waals surface area contributed by atoms with Crippen LogP contribution >= 0.6 is 34.8 Å². The van der Waals surface area contributed by atoms with E-state index in [1.165, 1.54) is 123 Å². The first-order valence-electron chi connectivity index (χ1n) is 37.1. The Morgan fingerprint density at radius 1 is 0.420 bits per heavy atom. The molecule has 0 unspecified atom stereocenters. The lowest BCUT2D eigenvalue weighted by Gasteiger charge is -2.28. The third-order valence-electron chi connectivity index (χ3n) is 16.9. The maximum atomic E-state index is 12.3. The number of aliphatic hydroxyl groups excluding tert-OH is 3. The molecule has 0 amide bonds. The fraction of sp³-hybridized carbons (Fsp3) is 0.463. The summed E-state index contributed by atoms with van der Waals surface area (Å²) < 4.78 is 50.2. The van der Waals surface area contributed by atoms with Gasteiger partial charge in [-0.05, 0) is 220 Å². The highest BCUT2D eigenvalue weighted by Crippen LogP contribution is 2.34. The lowest BCUT2D eigenvalue weighted by molar-refractivity contribution is -0.385. The molecular weight excluding hydrogens is 1640 g/mol. The Balaban J connectivity index is -0.00000134. The van der Waals surface area contributed by atoms with Gasteiger partial charge in [0.1, 0.15) is 35.2 Å². The summed E-state index contributed by atoms with van der Waals surface area (Å²) in [6, 6.07) is 20.4. The number of hydrogen-bond donors (Lipinski definition) is 3. The molecule has 652 valence electrons. The van der Waals surface area contributed by atoms with Crippen LogP contribution in [-0.4, -0.2) is 132 Å². The van der Waals surface area contributed by atoms with Gasteiger partial charge in [0.05, 0.1) is 57.3 Å². The van der Waals surface area contributed by atoms with Crippen molar-refractivity contribution in [3.8, 4) is 23.0 Å². The van der Waals surface area contributed by atoms with E-state index in [4.69, 9.17) is 103 Å². The second-order valence-corrected chi connectivity index (χ2v) is 27.2. The highest BCUT2D eigenvalue weighted by atomic mass is 35.5. The van der Waals surface area contributed by atoms with Gasteiger partial charge in [0.15, 0.2) is 0 Å². The van der Waals surface area contributed by atoms with Gasteiger partial charge in [-0.3, -0.25) is 49.6 Å². The number of carbonyl (C=O) groups is 5. The molecule has 0 fully saturated rings. The second-order valence-electron chi connectivity index (χ2n) is 26.1. The average Bonchev–Trinajstić information content (AvgIpc) is 0.837. The van der Waals surface area contributed by atoms with Crippen molar-refractivity contribution in [1.29, 1.82) is 0 Å². The van der Waals surface area contributed by atoms with Gasteiger partial charge in [-0.1, -0.05) is 76.3 Å². The summed E-state index contributed by atoms with van der Waals surface area (Å²) >= 11 is 14.4. The van der Waals surface area contributed by atoms with E-state index in [1.54, 1.807) is 19.1 Å². The Morgan fingerprint density at radius 3 is 0.941 bits per heavy atom. The van der Waals surface area contributed by atoms with Crippen LogP contribution in [0.15, 0.2) is 158 Å². The van der Waals surface area contributed by atoms with Crippen molar-refractivity contribution in [2.75, 3.05) is 12.5 Å². The van der Waals surface area contributed by atoms with Gasteiger partial charge in [0, 0.05) is 60.1 Å². The Hall–Kier alpha value is -11.7. The van der Waals surface area contributed by atoms with Gasteiger partial charge in [0.2, 0.25) is 0 Å². The van der Waals surface area contributed by atoms with E-state index in [2.05, 4.69) is 44.6 Å². The molecule has 0 spiro atoms. The number of nitrogens with zero attached hydrogens (tertiary/aromatic N) is 4. The topological polar surface area (TPSA) is 520 Å². The Morgan fingerprint density at radius 2 is 0.664 bits per heavy atom. The molecule has 0 aromatic heterocycles. The molecule has 3 N–H and O–H groups in total. The summed E-state index contributed by atoms with van der Waals surface area (Å²) in [6.45, 7) is 10.6. The minimum Gasteiger partial charge on any atom is -0.426 e. The Kier molecular flexibility index (Phi) is 63.8. The number of nitro groups is 4. The molecule has 10 atom stereocenters. The SMILES string of the molecule is C[C@@]1(C(=O)OC(=O)Oc2ccc([N+](=O)[O-])cc2)CC/C=C/[C@H](O)CC1.C[C@H]1CC/C=C/[C@H](O)CC1.C[C@H]1CC/C=C/[C@H](O)CC1.C[C@H]1CC/C=C/[C@H](OC(=O)Oc2ccc([N+](=O)[O-])cc2)CC1.C[C@H]1CC/C=C/[C@H](OC(=O)Oc2ccc([N+](=O)[O-])cc2)CC1.ClCCl.O=C(Cl)Oc1ccc([N+](=O)[O-])cc1.O=C=O.O=C=O.O=C=O.O=C=O.[2H]CF. The van der Waals surface area contributed by atoms with Gasteiger partial charge < -0.3 is 48.5 Å². The molecule has 5 aliphatic carbocycles. The monoisotopic (exact) mass is 1740 g/mol. The van der Waals surface area contributed by atoms with Gasteiger partial charge in [-0.25, -0.2) is 19.2 Å². The number of benzene rings is 4. The molecule has 9 rings (SSSR count). The molecule has 4 aromatic carbocycles. The highest BCUT2D eigenvalue weighted by Gasteiger charge is 2.37. The third-order valence-corrected chi connectivity index (χ3v) is 17.0. The Labute approximate surface area is 701 Å². The normalized spacial score (nSPS) is 21.6. The molecule has 0 heterocycles. The number of ether oxygens (including phenoxy) is 7. The maximum Gasteiger partial charge on any atom is 0.521 e. The van der Waals surface area contributed by atoms with E-state index in [-0.39, 0.29) is 100 Å². The van der Waals surface area contributed by atoms with Crippen LogP contribution in [0, 0.1) is 69.5 Å². The molecule has 0 aliphatic heterocycles. The van der Waals surface area contributed by atoms with Crippen molar-refractivity contribution in [3.05, 3.63) is 198 Å². The van der Waals surface area contributed by atoms with Crippen molar-refractivity contribution in [2.24, 2.45) is 29.1 Å². The van der Waals surface area contributed by atoms with E-state index in [0.717, 1.165) is 88.9 Å². The quantitative estimate of drug-likeness (QED) is 0.0144. The molecule has 4 aromatic rings. The summed E-state index contributed by atoms with van der Waals surface area (Å²) in [5.74, 6) is 2.73. The average molecular weight is 1740 g/mol. The van der Waals surface area contributed by atoms with Gasteiger partial charge in [0.25, 0.3) is 22.7 Å². The predicted octanol–water partition coefficient (Wildman–Crippen LogP) is 17.9. The molecule has 0 radical (unpaired) electrons. The molecular formula is C80H98Cl3FN4O31. The number of rotatable bonds is 11. The molecule has 35 nitrogen and oxygen atoms in total. The second kappa shape index (κ2) is 69.4. The molecule has 0 bridgehead atoms. The van der Waals surface area contributed by atoms with E-state index < -0.39 is 68.2 Å². The number of non-ortho nitro benzene ring substituents is 4. The standard InChI is InChI=1S/C17H19NO7.2C16H19NO5.2C9H16O.C7H4ClNO4.CH2Cl2.CH3F.4CO2/c1-17(10-3-2-4-13(19)9-11-17)15(20)25-16(21)24-14-7-5-12(6-8-14)18(22)23;2*1-12-4-2-3-5-14(9-6-12)21-16(18)22-15-10-7-13(8-11-15)17(19)20;2*1-8-4-2-3-5-9(10)7-6-8;8-7(10)13-6-3-1-5(2-4-6)9(11)12;2-1-3;1-2;4*2-1-3/h2,4-8,13,19H,3,9-11H2,1H3;2*3,5,7-8,10-12,14H,2,4,6,9H2,1H3;2*3,5,8-10H,2,4,6-7H2,1H3;1-4H;1H2;1H3;;;;/b4-2+;4*5-3+;;;;;;;/t13-,17+;2*12-,14-;2*8-,9-;;;;;;;/m00000......./s1/i;;;;;;;1D;;;;. The van der Waals surface area contributed by atoms with Crippen LogP contribution in [0.5, 0.6) is 23.0 Å². The van der Waals surface area contributed by atoms with Crippen molar-refractivity contribution >= 4 is 112 Å². The largest absolute Gasteiger partial charge is 0.521 e. The van der Waals surface area contributed by atoms with Crippen LogP contribution in [0.3, 0.4) is 0 Å². The number of carbonyl (C=O) groups excluding carboxylic acids is 13. The maximum absolute atomic E-state index is 12.3. The van der Waals surface area contributed by atoms with Gasteiger partial charge in [-0.2, -0.15) is 38.4 Å². The number of halogens is 4. The zero-order valence-corrected chi connectivity index (χ0v) is 68.1. The predicted molar refractivity (Wildman–Crippen MR) is 423 cm³/mol. The number of nitro benzene ring substituents is 4. The number of allylic oxidation sites excluding steroid dienone is 5. The zero-order valence-electron chi connectivity index (χ0n) is 66.8. The van der Waals surface area contributed by atoms with E-state index >= 15 is 0 Å². The number of alkyl halides is 3. The molecule has 0 saturated heterocycles. The van der Waals surface area contributed by atoms with Gasteiger partial charge >= 0.3 is 54.5 Å². The minimum absolute atomic E-state index is 0.0320. The van der Waals surface area contributed by atoms with Crippen LogP contribution in [-0.2, 0) is 57.4 Å². The lowest BCUT2D eigenvalue weighted by Crippen LogP contribution is -2.34. The zero-order chi connectivity index (χ0) is 91.2. The van der Waals surface area contributed by atoms with Crippen molar-refractivity contribution in [3.63, 3.8) is 0 Å². The first kappa shape index (κ1) is 109. The van der Waals surface area contributed by atoms with Gasteiger partial charge in [-0.15, -0.1) is 23.2 Å². The summed E-state index contributed by atoms with van der Waals surface area (Å²) in [5.41, 5.74) is -2.22. The minimum atomic E-state index is -1.20. The first-order valence-corrected chi connectivity index (χ1v) is 37.9.